The van der Waals surface area contributed by atoms with Crippen molar-refractivity contribution in [3.8, 4) is 11.3 Å². The molecule has 0 amide bonds. The van der Waals surface area contributed by atoms with E-state index in [4.69, 9.17) is 20.8 Å². The molecule has 2 aromatic carbocycles. The quantitative estimate of drug-likeness (QED) is 0.718. The highest BCUT2D eigenvalue weighted by molar-refractivity contribution is 6.31. The summed E-state index contributed by atoms with van der Waals surface area (Å²) in [6, 6.07) is 14.1. The maximum absolute atomic E-state index is 12.2. The number of benzene rings is 2. The van der Waals surface area contributed by atoms with Crippen LogP contribution in [0.5, 0.6) is 0 Å². The summed E-state index contributed by atoms with van der Waals surface area (Å²) in [6.45, 7) is 1.32. The molecule has 0 fully saturated rings. The van der Waals surface area contributed by atoms with E-state index >= 15 is 0 Å². The molecule has 0 saturated carbocycles. The van der Waals surface area contributed by atoms with Crippen molar-refractivity contribution in [3.63, 3.8) is 0 Å². The average Bonchev–Trinajstić information content (AvgIpc) is 3.10. The lowest BCUT2D eigenvalue weighted by Crippen LogP contribution is -2.02. The van der Waals surface area contributed by atoms with Crippen LogP contribution < -0.4 is 5.43 Å². The summed E-state index contributed by atoms with van der Waals surface area (Å²) in [7, 11) is 0. The molecule has 0 atom stereocenters. The fourth-order valence-electron chi connectivity index (χ4n) is 2.56. The van der Waals surface area contributed by atoms with Gasteiger partial charge in [-0.05, 0) is 30.3 Å². The van der Waals surface area contributed by atoms with Gasteiger partial charge in [0.05, 0.1) is 11.9 Å². The third-order valence-corrected chi connectivity index (χ3v) is 3.93. The monoisotopic (exact) mass is 325 g/mol. The SMILES string of the molecule is O=c1cc(-c2ccc(C3=NCCO3)cc2)oc2ccc(Cl)cc12. The van der Waals surface area contributed by atoms with Gasteiger partial charge in [0, 0.05) is 22.2 Å². The Morgan fingerprint density at radius 2 is 1.78 bits per heavy atom. The van der Waals surface area contributed by atoms with Crippen molar-refractivity contribution in [1.29, 1.82) is 0 Å². The van der Waals surface area contributed by atoms with E-state index in [0.29, 0.717) is 40.8 Å². The Bertz CT molecular complexity index is 974. The topological polar surface area (TPSA) is 51.8 Å². The first-order valence-corrected chi connectivity index (χ1v) is 7.60. The molecule has 4 rings (SSSR count). The van der Waals surface area contributed by atoms with Gasteiger partial charge in [0.25, 0.3) is 0 Å². The number of rotatable bonds is 2. The lowest BCUT2D eigenvalue weighted by molar-refractivity contribution is 0.348. The third kappa shape index (κ3) is 2.62. The molecule has 3 aromatic rings. The highest BCUT2D eigenvalue weighted by atomic mass is 35.5. The van der Waals surface area contributed by atoms with Crippen molar-refractivity contribution in [1.82, 2.24) is 0 Å². The van der Waals surface area contributed by atoms with Crippen LogP contribution in [-0.4, -0.2) is 19.0 Å². The molecule has 0 bridgehead atoms. The van der Waals surface area contributed by atoms with Crippen molar-refractivity contribution < 1.29 is 9.15 Å². The molecule has 1 aliphatic heterocycles. The van der Waals surface area contributed by atoms with Crippen LogP contribution in [-0.2, 0) is 4.74 Å². The Balaban J connectivity index is 1.76. The van der Waals surface area contributed by atoms with Gasteiger partial charge in [-0.1, -0.05) is 23.7 Å². The molecule has 1 aromatic heterocycles. The number of aliphatic imine (C=N–C) groups is 1. The van der Waals surface area contributed by atoms with Crippen molar-refractivity contribution in [2.24, 2.45) is 4.99 Å². The van der Waals surface area contributed by atoms with Crippen molar-refractivity contribution >= 4 is 28.5 Å². The number of ether oxygens (including phenoxy) is 1. The predicted octanol–water partition coefficient (Wildman–Crippen LogP) is 3.89. The molecule has 0 aliphatic carbocycles. The van der Waals surface area contributed by atoms with E-state index in [2.05, 4.69) is 4.99 Å². The van der Waals surface area contributed by atoms with Gasteiger partial charge in [-0.3, -0.25) is 4.79 Å². The Labute approximate surface area is 137 Å². The van der Waals surface area contributed by atoms with Crippen LogP contribution in [0, 0.1) is 0 Å². The zero-order valence-corrected chi connectivity index (χ0v) is 12.8. The maximum atomic E-state index is 12.2. The largest absolute Gasteiger partial charge is 0.476 e. The molecular weight excluding hydrogens is 314 g/mol. The molecule has 114 valence electrons. The molecule has 23 heavy (non-hydrogen) atoms. The van der Waals surface area contributed by atoms with E-state index in [-0.39, 0.29) is 5.43 Å². The summed E-state index contributed by atoms with van der Waals surface area (Å²) in [5.74, 6) is 1.18. The van der Waals surface area contributed by atoms with Gasteiger partial charge in [0.1, 0.15) is 18.0 Å². The van der Waals surface area contributed by atoms with E-state index in [1.54, 1.807) is 18.2 Å². The highest BCUT2D eigenvalue weighted by Crippen LogP contribution is 2.24. The van der Waals surface area contributed by atoms with Gasteiger partial charge in [-0.15, -0.1) is 0 Å². The van der Waals surface area contributed by atoms with E-state index in [9.17, 15) is 4.79 Å². The molecule has 4 nitrogen and oxygen atoms in total. The van der Waals surface area contributed by atoms with Gasteiger partial charge in [-0.25, -0.2) is 4.99 Å². The lowest BCUT2D eigenvalue weighted by atomic mass is 10.1. The Kier molecular flexibility index (Phi) is 3.39. The maximum Gasteiger partial charge on any atom is 0.216 e. The van der Waals surface area contributed by atoms with Crippen molar-refractivity contribution in [3.05, 3.63) is 69.3 Å². The first kappa shape index (κ1) is 14.0. The second kappa shape index (κ2) is 5.56. The summed E-state index contributed by atoms with van der Waals surface area (Å²) in [5.41, 5.74) is 2.14. The molecule has 2 heterocycles. The second-order valence-electron chi connectivity index (χ2n) is 5.23. The number of nitrogens with zero attached hydrogens (tertiary/aromatic N) is 1. The average molecular weight is 326 g/mol. The Morgan fingerprint density at radius 3 is 2.52 bits per heavy atom. The molecule has 1 aliphatic rings. The van der Waals surface area contributed by atoms with Gasteiger partial charge >= 0.3 is 0 Å². The molecule has 0 spiro atoms. The van der Waals surface area contributed by atoms with Crippen LogP contribution in [0.1, 0.15) is 5.56 Å². The summed E-state index contributed by atoms with van der Waals surface area (Å²) in [6.07, 6.45) is 0. The number of hydrogen-bond acceptors (Lipinski definition) is 4. The molecule has 0 N–H and O–H groups in total. The minimum Gasteiger partial charge on any atom is -0.476 e. The summed E-state index contributed by atoms with van der Waals surface area (Å²) in [4.78, 5) is 16.5. The zero-order chi connectivity index (χ0) is 15.8. The van der Waals surface area contributed by atoms with Crippen LogP contribution in [0.25, 0.3) is 22.3 Å². The Hall–Kier alpha value is -2.59. The summed E-state index contributed by atoms with van der Waals surface area (Å²) < 4.78 is 11.3. The number of halogens is 1. The molecule has 0 unspecified atom stereocenters. The molecule has 0 saturated heterocycles. The van der Waals surface area contributed by atoms with Crippen LogP contribution in [0.4, 0.5) is 0 Å². The fraction of sp³-hybridized carbons (Fsp3) is 0.111. The van der Waals surface area contributed by atoms with Crippen LogP contribution >= 0.6 is 11.6 Å². The third-order valence-electron chi connectivity index (χ3n) is 3.69. The Morgan fingerprint density at radius 1 is 1.00 bits per heavy atom. The summed E-state index contributed by atoms with van der Waals surface area (Å²) in [5, 5.41) is 0.992. The van der Waals surface area contributed by atoms with Gasteiger partial charge < -0.3 is 9.15 Å². The van der Waals surface area contributed by atoms with Gasteiger partial charge in [-0.2, -0.15) is 0 Å². The van der Waals surface area contributed by atoms with Crippen LogP contribution in [0.2, 0.25) is 5.02 Å². The van der Waals surface area contributed by atoms with E-state index < -0.39 is 0 Å². The molecule has 0 radical (unpaired) electrons. The predicted molar refractivity (Wildman–Crippen MR) is 90.3 cm³/mol. The minimum atomic E-state index is -0.115. The second-order valence-corrected chi connectivity index (χ2v) is 5.66. The minimum absolute atomic E-state index is 0.115. The van der Waals surface area contributed by atoms with E-state index in [1.807, 2.05) is 24.3 Å². The zero-order valence-electron chi connectivity index (χ0n) is 12.1. The molecule has 5 heteroatoms. The van der Waals surface area contributed by atoms with E-state index in [1.165, 1.54) is 6.07 Å². The standard InChI is InChI=1S/C18H12ClNO3/c19-13-5-6-16-14(9-13)15(21)10-17(23-16)11-1-3-12(4-2-11)18-20-7-8-22-18/h1-6,9-10H,7-8H2. The smallest absolute Gasteiger partial charge is 0.216 e. The number of fused-ring (bicyclic) bond motifs is 1. The van der Waals surface area contributed by atoms with Crippen LogP contribution in [0.15, 0.2) is 62.7 Å². The first-order chi connectivity index (χ1) is 11.2. The normalized spacial score (nSPS) is 13.9. The van der Waals surface area contributed by atoms with Crippen LogP contribution in [0.3, 0.4) is 0 Å². The van der Waals surface area contributed by atoms with Crippen molar-refractivity contribution in [2.75, 3.05) is 13.2 Å². The van der Waals surface area contributed by atoms with Crippen molar-refractivity contribution in [2.45, 2.75) is 0 Å². The van der Waals surface area contributed by atoms with Gasteiger partial charge in [0.2, 0.25) is 5.90 Å². The lowest BCUT2D eigenvalue weighted by Gasteiger charge is -2.05. The molecular formula is C18H12ClNO3. The number of hydrogen-bond donors (Lipinski definition) is 0. The summed E-state index contributed by atoms with van der Waals surface area (Å²) >= 11 is 5.92. The van der Waals surface area contributed by atoms with E-state index in [0.717, 1.165) is 11.1 Å². The van der Waals surface area contributed by atoms with Gasteiger partial charge in [0.15, 0.2) is 5.43 Å². The highest BCUT2D eigenvalue weighted by Gasteiger charge is 2.11. The first-order valence-electron chi connectivity index (χ1n) is 7.22. The fourth-order valence-corrected chi connectivity index (χ4v) is 2.73.